The number of benzene rings is 2. The zero-order valence-electron chi connectivity index (χ0n) is 19.9. The van der Waals surface area contributed by atoms with Crippen LogP contribution in [0.1, 0.15) is 59.7 Å². The summed E-state index contributed by atoms with van der Waals surface area (Å²) in [5, 5.41) is 0.437. The van der Waals surface area contributed by atoms with E-state index in [1.54, 1.807) is 24.3 Å². The molecule has 0 bridgehead atoms. The molecule has 0 radical (unpaired) electrons. The molecule has 0 atom stereocenters. The molecule has 1 amide bonds. The van der Waals surface area contributed by atoms with Crippen LogP contribution in [-0.4, -0.2) is 49.7 Å². The molecule has 2 fully saturated rings. The van der Waals surface area contributed by atoms with Crippen molar-refractivity contribution in [3.63, 3.8) is 0 Å². The smallest absolute Gasteiger partial charge is 0.289 e. The van der Waals surface area contributed by atoms with E-state index in [4.69, 9.17) is 4.42 Å². The highest BCUT2D eigenvalue weighted by Crippen LogP contribution is 2.33. The standard InChI is InChI=1S/C27H30N2O5S/c1-19-7-12-25-23(17-19)24(30)18-26(34-25)27(31)28-13-15-29(16-14-28)35(32,33)22-10-8-21(9-11-22)20-5-3-2-4-6-20/h7-12,17-18,20H,2-6,13-16H2,1H3. The molecule has 1 aliphatic heterocycles. The van der Waals surface area contributed by atoms with Gasteiger partial charge in [0, 0.05) is 32.2 Å². The first-order chi connectivity index (χ1) is 16.8. The van der Waals surface area contributed by atoms with Gasteiger partial charge < -0.3 is 9.32 Å². The minimum atomic E-state index is -3.64. The molecule has 2 aromatic carbocycles. The summed E-state index contributed by atoms with van der Waals surface area (Å²) < 4.78 is 33.5. The van der Waals surface area contributed by atoms with Gasteiger partial charge in [-0.2, -0.15) is 4.31 Å². The fraction of sp³-hybridized carbons (Fsp3) is 0.407. The van der Waals surface area contributed by atoms with Gasteiger partial charge in [0.05, 0.1) is 10.3 Å². The maximum Gasteiger partial charge on any atom is 0.289 e. The van der Waals surface area contributed by atoms with E-state index in [1.165, 1.54) is 52.9 Å². The monoisotopic (exact) mass is 494 g/mol. The van der Waals surface area contributed by atoms with Crippen LogP contribution in [0.15, 0.2) is 62.6 Å². The quantitative estimate of drug-likeness (QED) is 0.540. The normalized spacial score (nSPS) is 18.1. The van der Waals surface area contributed by atoms with E-state index >= 15 is 0 Å². The number of carbonyl (C=O) groups is 1. The van der Waals surface area contributed by atoms with Crippen molar-refractivity contribution in [2.24, 2.45) is 0 Å². The van der Waals surface area contributed by atoms with Crippen molar-refractivity contribution < 1.29 is 17.6 Å². The highest BCUT2D eigenvalue weighted by atomic mass is 32.2. The molecular formula is C27H30N2O5S. The Bertz CT molecular complexity index is 1400. The number of carbonyl (C=O) groups excluding carboxylic acids is 1. The van der Waals surface area contributed by atoms with Gasteiger partial charge in [0.2, 0.25) is 10.0 Å². The lowest BCUT2D eigenvalue weighted by molar-refractivity contribution is 0.0666. The summed E-state index contributed by atoms with van der Waals surface area (Å²) in [5.74, 6) is 0.0914. The molecule has 184 valence electrons. The number of fused-ring (bicyclic) bond motifs is 1. The first-order valence-corrected chi connectivity index (χ1v) is 13.7. The molecule has 2 heterocycles. The SMILES string of the molecule is Cc1ccc2oc(C(=O)N3CCN(S(=O)(=O)c4ccc(C5CCCCC5)cc4)CC3)cc(=O)c2c1. The van der Waals surface area contributed by atoms with E-state index in [0.29, 0.717) is 16.9 Å². The van der Waals surface area contributed by atoms with Crippen LogP contribution in [0.3, 0.4) is 0 Å². The molecule has 0 N–H and O–H groups in total. The molecule has 5 rings (SSSR count). The Morgan fingerprint density at radius 3 is 2.29 bits per heavy atom. The maximum absolute atomic E-state index is 13.2. The number of hydrogen-bond donors (Lipinski definition) is 0. The molecule has 35 heavy (non-hydrogen) atoms. The van der Waals surface area contributed by atoms with Crippen LogP contribution in [0.4, 0.5) is 0 Å². The third kappa shape index (κ3) is 4.77. The van der Waals surface area contributed by atoms with Gasteiger partial charge in [-0.1, -0.05) is 43.0 Å². The predicted octanol–water partition coefficient (Wildman–Crippen LogP) is 4.30. The Hall–Kier alpha value is -2.97. The number of amides is 1. The number of piperazine rings is 1. The van der Waals surface area contributed by atoms with E-state index in [-0.39, 0.29) is 42.3 Å². The summed E-state index contributed by atoms with van der Waals surface area (Å²) in [6.45, 7) is 2.73. The summed E-state index contributed by atoms with van der Waals surface area (Å²) in [6, 6.07) is 13.8. The Kier molecular flexibility index (Phi) is 6.51. The number of nitrogens with zero attached hydrogens (tertiary/aromatic N) is 2. The first-order valence-electron chi connectivity index (χ1n) is 12.3. The summed E-state index contributed by atoms with van der Waals surface area (Å²) in [6.07, 6.45) is 6.08. The molecule has 0 unspecified atom stereocenters. The van der Waals surface area contributed by atoms with Crippen molar-refractivity contribution in [2.45, 2.75) is 49.8 Å². The number of rotatable bonds is 4. The highest BCUT2D eigenvalue weighted by molar-refractivity contribution is 7.89. The molecule has 8 heteroatoms. The average Bonchev–Trinajstić information content (AvgIpc) is 2.89. The van der Waals surface area contributed by atoms with Gasteiger partial charge in [-0.15, -0.1) is 0 Å². The topological polar surface area (TPSA) is 87.9 Å². The van der Waals surface area contributed by atoms with Crippen molar-refractivity contribution in [3.8, 4) is 0 Å². The first kappa shape index (κ1) is 23.8. The zero-order valence-corrected chi connectivity index (χ0v) is 20.7. The van der Waals surface area contributed by atoms with Crippen LogP contribution in [-0.2, 0) is 10.0 Å². The molecule has 0 spiro atoms. The third-order valence-corrected chi connectivity index (χ3v) is 9.13. The van der Waals surface area contributed by atoms with Gasteiger partial charge in [0.1, 0.15) is 5.58 Å². The zero-order chi connectivity index (χ0) is 24.6. The van der Waals surface area contributed by atoms with Crippen molar-refractivity contribution in [3.05, 3.63) is 75.6 Å². The fourth-order valence-corrected chi connectivity index (χ4v) is 6.58. The van der Waals surface area contributed by atoms with E-state index in [2.05, 4.69) is 0 Å². The fourth-order valence-electron chi connectivity index (χ4n) is 5.16. The summed E-state index contributed by atoms with van der Waals surface area (Å²) in [4.78, 5) is 27.3. The van der Waals surface area contributed by atoms with Crippen molar-refractivity contribution in [1.82, 2.24) is 9.21 Å². The Labute approximate surface area is 205 Å². The molecule has 1 aliphatic carbocycles. The second-order valence-electron chi connectivity index (χ2n) is 9.57. The van der Waals surface area contributed by atoms with Crippen LogP contribution in [0.5, 0.6) is 0 Å². The number of sulfonamides is 1. The van der Waals surface area contributed by atoms with Crippen LogP contribution in [0.2, 0.25) is 0 Å². The van der Waals surface area contributed by atoms with E-state index in [1.807, 2.05) is 25.1 Å². The Morgan fingerprint density at radius 1 is 0.914 bits per heavy atom. The lowest BCUT2D eigenvalue weighted by Crippen LogP contribution is -2.50. The minimum absolute atomic E-state index is 0.0269. The highest BCUT2D eigenvalue weighted by Gasteiger charge is 2.31. The minimum Gasteiger partial charge on any atom is -0.451 e. The largest absolute Gasteiger partial charge is 0.451 e. The summed E-state index contributed by atoms with van der Waals surface area (Å²) in [5.41, 5.74) is 2.25. The molecule has 1 saturated carbocycles. The number of aryl methyl sites for hydroxylation is 1. The van der Waals surface area contributed by atoms with E-state index in [0.717, 1.165) is 5.56 Å². The predicted molar refractivity (Wildman–Crippen MR) is 134 cm³/mol. The lowest BCUT2D eigenvalue weighted by atomic mass is 9.84. The maximum atomic E-state index is 13.2. The van der Waals surface area contributed by atoms with Crippen LogP contribution in [0, 0.1) is 6.92 Å². The van der Waals surface area contributed by atoms with Gasteiger partial charge in [-0.25, -0.2) is 8.42 Å². The second-order valence-corrected chi connectivity index (χ2v) is 11.5. The van der Waals surface area contributed by atoms with Gasteiger partial charge >= 0.3 is 0 Å². The van der Waals surface area contributed by atoms with Crippen molar-refractivity contribution in [2.75, 3.05) is 26.2 Å². The molecule has 3 aromatic rings. The lowest BCUT2D eigenvalue weighted by Gasteiger charge is -2.33. The number of hydrogen-bond acceptors (Lipinski definition) is 5. The van der Waals surface area contributed by atoms with Gasteiger partial charge in [-0.05, 0) is 55.5 Å². The van der Waals surface area contributed by atoms with E-state index in [9.17, 15) is 18.0 Å². The third-order valence-electron chi connectivity index (χ3n) is 7.21. The Morgan fingerprint density at radius 2 is 1.60 bits per heavy atom. The van der Waals surface area contributed by atoms with Gasteiger partial charge in [-0.3, -0.25) is 9.59 Å². The average molecular weight is 495 g/mol. The summed E-state index contributed by atoms with van der Waals surface area (Å²) >= 11 is 0. The molecule has 1 aromatic heterocycles. The van der Waals surface area contributed by atoms with Crippen LogP contribution >= 0.6 is 0 Å². The molecule has 7 nitrogen and oxygen atoms in total. The van der Waals surface area contributed by atoms with E-state index < -0.39 is 15.9 Å². The molecule has 2 aliphatic rings. The van der Waals surface area contributed by atoms with Gasteiger partial charge in [0.25, 0.3) is 5.91 Å². The van der Waals surface area contributed by atoms with Crippen LogP contribution < -0.4 is 5.43 Å². The van der Waals surface area contributed by atoms with Crippen molar-refractivity contribution in [1.29, 1.82) is 0 Å². The van der Waals surface area contributed by atoms with Crippen molar-refractivity contribution >= 4 is 26.9 Å². The second kappa shape index (κ2) is 9.59. The van der Waals surface area contributed by atoms with Crippen LogP contribution in [0.25, 0.3) is 11.0 Å². The molecule has 1 saturated heterocycles. The van der Waals surface area contributed by atoms with Gasteiger partial charge in [0.15, 0.2) is 11.2 Å². The summed E-state index contributed by atoms with van der Waals surface area (Å²) in [7, 11) is -3.64. The molecular weight excluding hydrogens is 464 g/mol. The Balaban J connectivity index is 1.26.